The van der Waals surface area contributed by atoms with Gasteiger partial charge in [-0.05, 0) is 96.1 Å². The van der Waals surface area contributed by atoms with Gasteiger partial charge in [0.2, 0.25) is 0 Å². The van der Waals surface area contributed by atoms with Gasteiger partial charge in [0.15, 0.2) is 0 Å². The molecule has 50 heavy (non-hydrogen) atoms. The molecular formula is C45H31N5. The second kappa shape index (κ2) is 13.0. The summed E-state index contributed by atoms with van der Waals surface area (Å²) in [5.74, 6) is 0. The number of benzene rings is 5. The Kier molecular flexibility index (Phi) is 7.90. The molecule has 0 unspecified atom stereocenters. The number of fused-ring (bicyclic) bond motifs is 4. The fourth-order valence-electron chi connectivity index (χ4n) is 7.31. The standard InChI is InChI=1S/C45H31N5/c46-28-31-17-21-43(50-42-16-7-5-14-38(42)40-25-32(29-47)18-22-44(40)50)39(24-31)36-13-9-12-34(26-36)35-19-20-37(30-48)45(27-35)49-23-8-2-1-3-10-33-11-4-6-15-41(33)49/h1-9,11-16,18-20,22,24-27H,10,17,21,23H2/b3-1-,8-2-. The highest BCUT2D eigenvalue weighted by Gasteiger charge is 2.22. The average Bonchev–Trinajstić information content (AvgIpc) is 3.55. The summed E-state index contributed by atoms with van der Waals surface area (Å²) < 4.78 is 2.31. The molecule has 1 aliphatic carbocycles. The van der Waals surface area contributed by atoms with Crippen LogP contribution < -0.4 is 4.90 Å². The Labute approximate surface area is 291 Å². The van der Waals surface area contributed by atoms with Gasteiger partial charge in [-0.1, -0.05) is 85.0 Å². The maximum atomic E-state index is 10.2. The summed E-state index contributed by atoms with van der Waals surface area (Å²) in [5, 5.41) is 32.0. The normalized spacial score (nSPS) is 15.5. The summed E-state index contributed by atoms with van der Waals surface area (Å²) in [6, 6.07) is 44.3. The average molecular weight is 642 g/mol. The molecule has 5 heteroatoms. The number of para-hydroxylation sites is 2. The summed E-state index contributed by atoms with van der Waals surface area (Å²) in [6.07, 6.45) is 12.6. The van der Waals surface area contributed by atoms with E-state index in [4.69, 9.17) is 0 Å². The molecule has 0 fully saturated rings. The second-order valence-electron chi connectivity index (χ2n) is 12.6. The van der Waals surface area contributed by atoms with Gasteiger partial charge in [-0.25, -0.2) is 0 Å². The van der Waals surface area contributed by atoms with Crippen LogP contribution in [0.3, 0.4) is 0 Å². The summed E-state index contributed by atoms with van der Waals surface area (Å²) >= 11 is 0. The van der Waals surface area contributed by atoms with E-state index in [-0.39, 0.29) is 0 Å². The predicted octanol–water partition coefficient (Wildman–Crippen LogP) is 10.6. The highest BCUT2D eigenvalue weighted by Crippen LogP contribution is 2.41. The van der Waals surface area contributed by atoms with Crippen molar-refractivity contribution in [1.29, 1.82) is 15.8 Å². The lowest BCUT2D eigenvalue weighted by molar-refractivity contribution is 0.955. The molecule has 0 saturated heterocycles. The summed E-state index contributed by atoms with van der Waals surface area (Å²) in [4.78, 5) is 2.23. The largest absolute Gasteiger partial charge is 0.336 e. The van der Waals surface area contributed by atoms with Crippen molar-refractivity contribution in [1.82, 2.24) is 4.57 Å². The number of rotatable bonds is 4. The molecule has 8 rings (SSSR count). The molecule has 2 aliphatic rings. The van der Waals surface area contributed by atoms with Crippen molar-refractivity contribution in [2.45, 2.75) is 19.3 Å². The minimum atomic E-state index is 0.616. The molecule has 6 aromatic rings. The molecule has 0 spiro atoms. The second-order valence-corrected chi connectivity index (χ2v) is 12.6. The highest BCUT2D eigenvalue weighted by atomic mass is 15.1. The molecule has 0 N–H and O–H groups in total. The van der Waals surface area contributed by atoms with Crippen LogP contribution >= 0.6 is 0 Å². The van der Waals surface area contributed by atoms with Crippen LogP contribution in [0.1, 0.15) is 35.1 Å². The van der Waals surface area contributed by atoms with E-state index < -0.39 is 0 Å². The number of hydrogen-bond acceptors (Lipinski definition) is 4. The first-order valence-corrected chi connectivity index (χ1v) is 16.8. The van der Waals surface area contributed by atoms with Crippen LogP contribution in [0, 0.1) is 34.0 Å². The molecule has 0 bridgehead atoms. The van der Waals surface area contributed by atoms with Gasteiger partial charge in [-0.2, -0.15) is 15.8 Å². The zero-order valence-electron chi connectivity index (χ0n) is 27.3. The third-order valence-electron chi connectivity index (χ3n) is 9.68. The molecule has 5 aromatic carbocycles. The Morgan fingerprint density at radius 3 is 2.26 bits per heavy atom. The SMILES string of the molecule is N#CC1=CC(c2cccc(-c3ccc(C#N)c(N4C/C=C\C=C/Cc5ccccc54)c3)c2)=C(n2c3ccccc3c3cc(C#N)ccc32)CC1. The van der Waals surface area contributed by atoms with Crippen LogP contribution in [-0.4, -0.2) is 11.1 Å². The van der Waals surface area contributed by atoms with E-state index in [0.717, 1.165) is 73.1 Å². The van der Waals surface area contributed by atoms with E-state index in [2.05, 4.69) is 119 Å². The number of anilines is 2. The number of nitriles is 3. The Morgan fingerprint density at radius 2 is 1.38 bits per heavy atom. The molecule has 0 saturated carbocycles. The lowest BCUT2D eigenvalue weighted by Crippen LogP contribution is -2.19. The van der Waals surface area contributed by atoms with E-state index in [9.17, 15) is 15.8 Å². The fourth-order valence-corrected chi connectivity index (χ4v) is 7.31. The highest BCUT2D eigenvalue weighted by molar-refractivity contribution is 6.12. The van der Waals surface area contributed by atoms with Gasteiger partial charge in [0.1, 0.15) is 6.07 Å². The molecular weight excluding hydrogens is 611 g/mol. The summed E-state index contributed by atoms with van der Waals surface area (Å²) in [7, 11) is 0. The van der Waals surface area contributed by atoms with Crippen LogP contribution in [0.15, 0.2) is 145 Å². The van der Waals surface area contributed by atoms with E-state index >= 15 is 0 Å². The van der Waals surface area contributed by atoms with Crippen LogP contribution in [-0.2, 0) is 6.42 Å². The molecule has 2 heterocycles. The van der Waals surface area contributed by atoms with E-state index in [1.54, 1.807) is 0 Å². The van der Waals surface area contributed by atoms with Crippen molar-refractivity contribution in [3.05, 3.63) is 167 Å². The summed E-state index contributed by atoms with van der Waals surface area (Å²) in [6.45, 7) is 0.631. The Morgan fingerprint density at radius 1 is 0.580 bits per heavy atom. The zero-order chi connectivity index (χ0) is 34.0. The molecule has 236 valence electrons. The van der Waals surface area contributed by atoms with Crippen LogP contribution in [0.4, 0.5) is 11.4 Å². The van der Waals surface area contributed by atoms with Crippen molar-refractivity contribution in [2.24, 2.45) is 0 Å². The lowest BCUT2D eigenvalue weighted by Gasteiger charge is -2.27. The van der Waals surface area contributed by atoms with E-state index in [0.29, 0.717) is 30.5 Å². The van der Waals surface area contributed by atoms with Gasteiger partial charge >= 0.3 is 0 Å². The number of hydrogen-bond donors (Lipinski definition) is 0. The minimum absolute atomic E-state index is 0.616. The topological polar surface area (TPSA) is 79.5 Å². The maximum Gasteiger partial charge on any atom is 0.101 e. The van der Waals surface area contributed by atoms with Gasteiger partial charge in [-0.15, -0.1) is 0 Å². The smallest absolute Gasteiger partial charge is 0.101 e. The third-order valence-corrected chi connectivity index (χ3v) is 9.68. The lowest BCUT2D eigenvalue weighted by atomic mass is 9.90. The molecule has 1 aliphatic heterocycles. The van der Waals surface area contributed by atoms with E-state index in [1.807, 2.05) is 48.5 Å². The van der Waals surface area contributed by atoms with Gasteiger partial charge in [0.05, 0.1) is 40.0 Å². The van der Waals surface area contributed by atoms with Crippen molar-refractivity contribution in [2.75, 3.05) is 11.4 Å². The maximum absolute atomic E-state index is 10.2. The molecule has 5 nitrogen and oxygen atoms in total. The molecule has 0 atom stereocenters. The Bertz CT molecular complexity index is 2590. The van der Waals surface area contributed by atoms with Crippen LogP contribution in [0.5, 0.6) is 0 Å². The van der Waals surface area contributed by atoms with Crippen LogP contribution in [0.2, 0.25) is 0 Å². The van der Waals surface area contributed by atoms with Gasteiger partial charge in [0.25, 0.3) is 0 Å². The van der Waals surface area contributed by atoms with Crippen molar-refractivity contribution in [3.8, 4) is 29.3 Å². The molecule has 1 aromatic heterocycles. The molecule has 0 radical (unpaired) electrons. The Balaban J connectivity index is 1.29. The summed E-state index contributed by atoms with van der Waals surface area (Å²) in [5.41, 5.74) is 12.4. The third kappa shape index (κ3) is 5.36. The predicted molar refractivity (Wildman–Crippen MR) is 202 cm³/mol. The van der Waals surface area contributed by atoms with Crippen molar-refractivity contribution >= 4 is 44.5 Å². The number of allylic oxidation sites excluding steroid dienone is 7. The monoisotopic (exact) mass is 641 g/mol. The first-order chi connectivity index (χ1) is 24.7. The minimum Gasteiger partial charge on any atom is -0.336 e. The Hall–Kier alpha value is -6.87. The quantitative estimate of drug-likeness (QED) is 0.192. The van der Waals surface area contributed by atoms with Crippen LogP contribution in [0.25, 0.3) is 44.2 Å². The van der Waals surface area contributed by atoms with Gasteiger partial charge < -0.3 is 9.47 Å². The zero-order valence-corrected chi connectivity index (χ0v) is 27.3. The van der Waals surface area contributed by atoms with Crippen molar-refractivity contribution in [3.63, 3.8) is 0 Å². The van der Waals surface area contributed by atoms with Gasteiger partial charge in [0, 0.05) is 39.8 Å². The van der Waals surface area contributed by atoms with E-state index in [1.165, 1.54) is 5.56 Å². The first-order valence-electron chi connectivity index (χ1n) is 16.8. The fraction of sp³-hybridized carbons (Fsp3) is 0.0889. The molecule has 0 amide bonds. The van der Waals surface area contributed by atoms with Crippen molar-refractivity contribution < 1.29 is 0 Å². The first kappa shape index (κ1) is 30.5. The number of nitrogens with zero attached hydrogens (tertiary/aromatic N) is 5. The number of aromatic nitrogens is 1. The van der Waals surface area contributed by atoms with Gasteiger partial charge in [-0.3, -0.25) is 0 Å².